The number of nitrogen functional groups attached to an aromatic ring is 1. The molecule has 2 atom stereocenters. The van der Waals surface area contributed by atoms with E-state index in [2.05, 4.69) is 20.0 Å². The summed E-state index contributed by atoms with van der Waals surface area (Å²) >= 11 is 0. The fraction of sp³-hybridized carbons (Fsp3) is 0.500. The summed E-state index contributed by atoms with van der Waals surface area (Å²) in [6, 6.07) is -0.136. The highest BCUT2D eigenvalue weighted by molar-refractivity contribution is 5.65. The smallest absolute Gasteiger partial charge is 0.245 e. The average Bonchev–Trinajstić information content (AvgIpc) is 3.55. The Morgan fingerprint density at radius 3 is 2.85 bits per heavy atom. The van der Waals surface area contributed by atoms with Gasteiger partial charge in [-0.05, 0) is 40.5 Å². The van der Waals surface area contributed by atoms with Gasteiger partial charge in [0.05, 0.1) is 29.7 Å². The van der Waals surface area contributed by atoms with Crippen LogP contribution in [0.15, 0.2) is 29.3 Å². The zero-order valence-corrected chi connectivity index (χ0v) is 19.3. The fourth-order valence-electron chi connectivity index (χ4n) is 4.25. The van der Waals surface area contributed by atoms with Crippen LogP contribution >= 0.6 is 0 Å². The van der Waals surface area contributed by atoms with Crippen molar-refractivity contribution < 1.29 is 9.52 Å². The standard InChI is InChI=1S/C22H29N9O2/c1-13-17(20-24-7-9-33-20)26-21(23)31-19(13)27-18(28-31)15-6-5-8-29(11-15)16-10-25-30(12-16)14(2)22(3,4)32/h7,9-10,12,14-15,32H,5-6,8,11H2,1-4H3,(H2,23,26)/t14-,15+/m0/s1. The monoisotopic (exact) mass is 451 g/mol. The highest BCUT2D eigenvalue weighted by atomic mass is 16.3. The zero-order chi connectivity index (χ0) is 23.3. The van der Waals surface area contributed by atoms with Crippen LogP contribution in [0, 0.1) is 6.92 Å². The topological polar surface area (TPSA) is 136 Å². The molecule has 174 valence electrons. The van der Waals surface area contributed by atoms with Crippen molar-refractivity contribution in [2.24, 2.45) is 0 Å². The lowest BCUT2D eigenvalue weighted by Crippen LogP contribution is -2.34. The van der Waals surface area contributed by atoms with Crippen molar-refractivity contribution in [1.82, 2.24) is 34.3 Å². The summed E-state index contributed by atoms with van der Waals surface area (Å²) in [4.78, 5) is 15.8. The summed E-state index contributed by atoms with van der Waals surface area (Å²) < 4.78 is 8.83. The molecule has 11 heteroatoms. The van der Waals surface area contributed by atoms with Gasteiger partial charge in [0, 0.05) is 30.8 Å². The molecule has 11 nitrogen and oxygen atoms in total. The van der Waals surface area contributed by atoms with Crippen LogP contribution in [-0.2, 0) is 0 Å². The lowest BCUT2D eigenvalue weighted by molar-refractivity contribution is 0.0258. The van der Waals surface area contributed by atoms with E-state index in [4.69, 9.17) is 20.2 Å². The zero-order valence-electron chi connectivity index (χ0n) is 19.3. The molecule has 5 rings (SSSR count). The van der Waals surface area contributed by atoms with E-state index in [9.17, 15) is 5.11 Å². The molecule has 0 spiro atoms. The molecule has 4 aromatic rings. The van der Waals surface area contributed by atoms with Crippen LogP contribution < -0.4 is 10.6 Å². The second kappa shape index (κ2) is 7.84. The van der Waals surface area contributed by atoms with Crippen molar-refractivity contribution >= 4 is 17.3 Å². The third-order valence-electron chi connectivity index (χ3n) is 6.55. The molecule has 0 aromatic carbocycles. The number of hydrogen-bond acceptors (Lipinski definition) is 9. The number of nitrogens with zero attached hydrogens (tertiary/aromatic N) is 8. The number of oxazole rings is 1. The molecule has 3 N–H and O–H groups in total. The maximum Gasteiger partial charge on any atom is 0.245 e. The van der Waals surface area contributed by atoms with E-state index >= 15 is 0 Å². The quantitative estimate of drug-likeness (QED) is 0.469. The van der Waals surface area contributed by atoms with Crippen LogP contribution in [-0.4, -0.2) is 58.1 Å². The Morgan fingerprint density at radius 2 is 2.12 bits per heavy atom. The Hall–Kier alpha value is -3.47. The minimum atomic E-state index is -0.857. The van der Waals surface area contributed by atoms with Gasteiger partial charge < -0.3 is 20.2 Å². The van der Waals surface area contributed by atoms with Crippen molar-refractivity contribution in [3.63, 3.8) is 0 Å². The Kier molecular flexibility index (Phi) is 5.08. The molecule has 0 saturated carbocycles. The predicted octanol–water partition coefficient (Wildman–Crippen LogP) is 2.58. The Bertz CT molecular complexity index is 1270. The van der Waals surface area contributed by atoms with E-state index in [1.807, 2.05) is 30.9 Å². The summed E-state index contributed by atoms with van der Waals surface area (Å²) in [5, 5.41) is 19.5. The fourth-order valence-corrected chi connectivity index (χ4v) is 4.25. The molecule has 0 amide bonds. The predicted molar refractivity (Wildman–Crippen MR) is 123 cm³/mol. The second-order valence-corrected chi connectivity index (χ2v) is 9.28. The number of hydrogen-bond donors (Lipinski definition) is 2. The molecule has 1 saturated heterocycles. The van der Waals surface area contributed by atoms with E-state index < -0.39 is 5.60 Å². The van der Waals surface area contributed by atoms with Crippen LogP contribution in [0.25, 0.3) is 17.2 Å². The number of anilines is 2. The van der Waals surface area contributed by atoms with Gasteiger partial charge in [-0.15, -0.1) is 5.10 Å². The van der Waals surface area contributed by atoms with Crippen molar-refractivity contribution in [1.29, 1.82) is 0 Å². The van der Waals surface area contributed by atoms with Crippen molar-refractivity contribution in [3.8, 4) is 11.6 Å². The van der Waals surface area contributed by atoms with Gasteiger partial charge in [-0.25, -0.2) is 15.0 Å². The lowest BCUT2D eigenvalue weighted by Gasteiger charge is -2.32. The van der Waals surface area contributed by atoms with Crippen molar-refractivity contribution in [2.45, 2.75) is 58.1 Å². The number of rotatable bonds is 5. The van der Waals surface area contributed by atoms with Crippen LogP contribution in [0.5, 0.6) is 0 Å². The molecular formula is C22H29N9O2. The Balaban J connectivity index is 1.42. The van der Waals surface area contributed by atoms with E-state index in [1.165, 1.54) is 6.26 Å². The van der Waals surface area contributed by atoms with E-state index in [1.54, 1.807) is 24.6 Å². The summed E-state index contributed by atoms with van der Waals surface area (Å²) in [5.41, 5.74) is 8.42. The van der Waals surface area contributed by atoms with Crippen LogP contribution in [0.2, 0.25) is 0 Å². The van der Waals surface area contributed by atoms with Gasteiger partial charge in [-0.1, -0.05) is 0 Å². The maximum atomic E-state index is 10.3. The Morgan fingerprint density at radius 1 is 1.30 bits per heavy atom. The van der Waals surface area contributed by atoms with Gasteiger partial charge in [-0.2, -0.15) is 9.61 Å². The normalized spacial score (nSPS) is 18.2. The first kappa shape index (κ1) is 21.4. The minimum absolute atomic E-state index is 0.136. The summed E-state index contributed by atoms with van der Waals surface area (Å²) in [5.74, 6) is 1.56. The molecule has 4 aromatic heterocycles. The van der Waals surface area contributed by atoms with Crippen LogP contribution in [0.4, 0.5) is 11.6 Å². The van der Waals surface area contributed by atoms with E-state index in [0.29, 0.717) is 17.2 Å². The number of aliphatic hydroxyl groups is 1. The van der Waals surface area contributed by atoms with E-state index in [-0.39, 0.29) is 17.9 Å². The molecule has 0 aliphatic carbocycles. The summed E-state index contributed by atoms with van der Waals surface area (Å²) in [6.07, 6.45) is 8.94. The largest absolute Gasteiger partial charge is 0.443 e. The van der Waals surface area contributed by atoms with Crippen LogP contribution in [0.3, 0.4) is 0 Å². The van der Waals surface area contributed by atoms with Gasteiger partial charge in [0.1, 0.15) is 12.0 Å². The minimum Gasteiger partial charge on any atom is -0.443 e. The second-order valence-electron chi connectivity index (χ2n) is 9.28. The lowest BCUT2D eigenvalue weighted by atomic mass is 9.97. The SMILES string of the molecule is Cc1c(-c2ncco2)nc(N)n2nc([C@@H]3CCCN(c4cnn([C@@H](C)C(C)(C)O)c4)C3)nc12. The molecule has 5 heterocycles. The molecule has 1 fully saturated rings. The summed E-state index contributed by atoms with van der Waals surface area (Å²) in [6.45, 7) is 9.18. The number of piperidine rings is 1. The number of fused-ring (bicyclic) bond motifs is 1. The molecule has 0 radical (unpaired) electrons. The summed E-state index contributed by atoms with van der Waals surface area (Å²) in [7, 11) is 0. The molecule has 0 bridgehead atoms. The molecule has 1 aliphatic heterocycles. The molecule has 1 aliphatic rings. The third kappa shape index (κ3) is 3.82. The highest BCUT2D eigenvalue weighted by Gasteiger charge is 2.29. The maximum absolute atomic E-state index is 10.3. The first-order valence-corrected chi connectivity index (χ1v) is 11.2. The van der Waals surface area contributed by atoms with Gasteiger partial charge in [0.25, 0.3) is 0 Å². The van der Waals surface area contributed by atoms with Gasteiger partial charge >= 0.3 is 0 Å². The third-order valence-corrected chi connectivity index (χ3v) is 6.55. The van der Waals surface area contributed by atoms with Gasteiger partial charge in [-0.3, -0.25) is 4.68 Å². The first-order valence-electron chi connectivity index (χ1n) is 11.2. The van der Waals surface area contributed by atoms with Crippen LogP contribution in [0.1, 0.15) is 57.0 Å². The Labute approximate surface area is 191 Å². The molecular weight excluding hydrogens is 422 g/mol. The van der Waals surface area contributed by atoms with Gasteiger partial charge in [0.2, 0.25) is 11.8 Å². The van der Waals surface area contributed by atoms with Gasteiger partial charge in [0.15, 0.2) is 11.5 Å². The first-order chi connectivity index (χ1) is 15.7. The number of aryl methyl sites for hydroxylation is 1. The average molecular weight is 452 g/mol. The number of aromatic nitrogens is 7. The molecule has 0 unspecified atom stereocenters. The van der Waals surface area contributed by atoms with Crippen molar-refractivity contribution in [2.75, 3.05) is 23.7 Å². The highest BCUT2D eigenvalue weighted by Crippen LogP contribution is 2.31. The number of nitrogens with two attached hydrogens (primary N) is 1. The molecule has 33 heavy (non-hydrogen) atoms. The van der Waals surface area contributed by atoms with E-state index in [0.717, 1.165) is 43.0 Å². The van der Waals surface area contributed by atoms with Crippen molar-refractivity contribution in [3.05, 3.63) is 36.2 Å².